The molecule has 0 fully saturated rings. The van der Waals surface area contributed by atoms with Crippen LogP contribution in [0.3, 0.4) is 0 Å². The lowest BCUT2D eigenvalue weighted by molar-refractivity contribution is 1.27. The van der Waals surface area contributed by atoms with Crippen LogP contribution >= 0.6 is 0 Å². The Kier molecular flexibility index (Phi) is 6.76. The largest absolute Gasteiger partial charge is 0.313 e. The molecule has 2 aliphatic rings. The molecule has 0 unspecified atom stereocenters. The van der Waals surface area contributed by atoms with E-state index in [1.807, 2.05) is 0 Å². The molecule has 0 atom stereocenters. The second kappa shape index (κ2) is 11.3. The fourth-order valence-corrected chi connectivity index (χ4v) is 8.20. The minimum Gasteiger partial charge on any atom is -0.313 e. The number of aryl methyl sites for hydroxylation is 3. The van der Waals surface area contributed by atoms with Crippen molar-refractivity contribution in [2.45, 2.75) is 20.8 Å². The summed E-state index contributed by atoms with van der Waals surface area (Å²) < 4.78 is 0. The van der Waals surface area contributed by atoms with E-state index >= 15 is 0 Å². The molecule has 9 rings (SSSR count). The highest BCUT2D eigenvalue weighted by Gasteiger charge is 2.43. The molecule has 0 aromatic heterocycles. The van der Waals surface area contributed by atoms with Gasteiger partial charge >= 0.3 is 0 Å². The van der Waals surface area contributed by atoms with Crippen LogP contribution in [0.1, 0.15) is 16.7 Å². The lowest BCUT2D eigenvalue weighted by atomic mass is 9.30. The number of hydrogen-bond acceptors (Lipinski definition) is 1. The highest BCUT2D eigenvalue weighted by Crippen LogP contribution is 2.38. The molecular weight excluding hydrogens is 576 g/mol. The van der Waals surface area contributed by atoms with Gasteiger partial charge in [0.05, 0.1) is 0 Å². The molecule has 0 aliphatic carbocycles. The third kappa shape index (κ3) is 4.65. The Labute approximate surface area is 284 Å². The van der Waals surface area contributed by atoms with E-state index < -0.39 is 0 Å². The average Bonchev–Trinajstić information content (AvgIpc) is 3.12. The minimum absolute atomic E-state index is 0.108. The lowest BCUT2D eigenvalue weighted by Gasteiger charge is -2.44. The van der Waals surface area contributed by atoms with Crippen molar-refractivity contribution >= 4 is 63.3 Å². The van der Waals surface area contributed by atoms with Crippen LogP contribution in [0, 0.1) is 20.8 Å². The van der Waals surface area contributed by atoms with Crippen molar-refractivity contribution in [3.63, 3.8) is 0 Å². The Hall–Kier alpha value is -5.53. The summed E-state index contributed by atoms with van der Waals surface area (Å²) in [5.74, 6) is 0. The predicted octanol–water partition coefficient (Wildman–Crippen LogP) is 7.07. The summed E-state index contributed by atoms with van der Waals surface area (Å²) in [6, 6.07) is 59.0. The predicted molar refractivity (Wildman–Crippen MR) is 208 cm³/mol. The number of hydrogen-bond donors (Lipinski definition) is 0. The molecule has 3 heteroatoms. The molecule has 0 N–H and O–H groups in total. The van der Waals surface area contributed by atoms with Crippen LogP contribution in [0.15, 0.2) is 158 Å². The van der Waals surface area contributed by atoms with Crippen LogP contribution in [0.5, 0.6) is 0 Å². The fourth-order valence-electron chi connectivity index (χ4n) is 8.20. The third-order valence-electron chi connectivity index (χ3n) is 10.3. The average molecular weight is 611 g/mol. The first-order valence-corrected chi connectivity index (χ1v) is 17.0. The maximum absolute atomic E-state index is 2.59. The Bertz CT molecular complexity index is 2180. The van der Waals surface area contributed by atoms with E-state index in [1.165, 1.54) is 88.8 Å². The molecule has 0 saturated carbocycles. The summed E-state index contributed by atoms with van der Waals surface area (Å²) in [5, 5.41) is 0. The Morgan fingerprint density at radius 2 is 0.792 bits per heavy atom. The first-order chi connectivity index (χ1) is 23.5. The second-order valence-electron chi connectivity index (χ2n) is 13.6. The summed E-state index contributed by atoms with van der Waals surface area (Å²) in [5.41, 5.74) is 20.9. The quantitative estimate of drug-likeness (QED) is 0.193. The Morgan fingerprint density at radius 1 is 0.354 bits per heavy atom. The summed E-state index contributed by atoms with van der Waals surface area (Å²) in [7, 11) is 0. The van der Waals surface area contributed by atoms with Gasteiger partial charge in [-0.15, -0.1) is 0 Å². The van der Waals surface area contributed by atoms with Crippen molar-refractivity contribution in [2.24, 2.45) is 0 Å². The molecule has 0 amide bonds. The maximum Gasteiger partial charge on any atom is 0.246 e. The highest BCUT2D eigenvalue weighted by atomic mass is 15.2. The topological polar surface area (TPSA) is 3.24 Å². The van der Waals surface area contributed by atoms with E-state index in [0.29, 0.717) is 0 Å². The number of rotatable bonds is 4. The van der Waals surface area contributed by atoms with Crippen LogP contribution < -0.4 is 37.7 Å². The van der Waals surface area contributed by atoms with Gasteiger partial charge in [0.1, 0.15) is 0 Å². The van der Waals surface area contributed by atoms with Crippen molar-refractivity contribution in [2.75, 3.05) is 4.90 Å². The number of fused-ring (bicyclic) bond motifs is 4. The van der Waals surface area contributed by atoms with Gasteiger partial charge in [-0.1, -0.05) is 162 Å². The van der Waals surface area contributed by atoms with E-state index in [2.05, 4.69) is 183 Å². The molecule has 0 spiro atoms. The monoisotopic (exact) mass is 611 g/mol. The van der Waals surface area contributed by atoms with Gasteiger partial charge in [0.25, 0.3) is 0 Å². The fraction of sp³-hybridized carbons (Fsp3) is 0.0667. The standard InChI is InChI=1S/C45H35B2N/c1-30-20-22-39-43(26-30)48-44-27-31(2)21-23-40(44)47(38-19-11-17-36(29-38)34-14-8-5-9-15-34)42-25-32(3)24-41(45(42)48)46(39)37-18-10-16-35(28-37)33-12-6-4-7-13-33/h4-29H,1-3H3. The number of nitrogens with zero attached hydrogens (tertiary/aromatic N) is 1. The van der Waals surface area contributed by atoms with Crippen LogP contribution in [-0.2, 0) is 0 Å². The minimum atomic E-state index is 0.108. The summed E-state index contributed by atoms with van der Waals surface area (Å²) in [6.45, 7) is 6.92. The lowest BCUT2D eigenvalue weighted by Crippen LogP contribution is -2.65. The van der Waals surface area contributed by atoms with Crippen molar-refractivity contribution < 1.29 is 0 Å². The molecule has 2 heterocycles. The van der Waals surface area contributed by atoms with Gasteiger partial charge in [0, 0.05) is 17.1 Å². The van der Waals surface area contributed by atoms with Crippen LogP contribution in [0.2, 0.25) is 0 Å². The molecule has 7 aromatic rings. The summed E-state index contributed by atoms with van der Waals surface area (Å²) >= 11 is 0. The molecule has 7 aromatic carbocycles. The van der Waals surface area contributed by atoms with Gasteiger partial charge in [-0.05, 0) is 88.1 Å². The van der Waals surface area contributed by atoms with Crippen molar-refractivity contribution in [1.29, 1.82) is 0 Å². The number of anilines is 3. The van der Waals surface area contributed by atoms with E-state index in [4.69, 9.17) is 0 Å². The summed E-state index contributed by atoms with van der Waals surface area (Å²) in [4.78, 5) is 2.59. The highest BCUT2D eigenvalue weighted by molar-refractivity contribution is 7.02. The SMILES string of the molecule is Cc1cc2c3c(c1)B(c1cccc(-c4ccccc4)c1)c1ccc(C)cc1N3c1cc(C)ccc1B2c1cccc(-c2ccccc2)c1. The molecule has 2 aliphatic heterocycles. The maximum atomic E-state index is 2.59. The van der Waals surface area contributed by atoms with Crippen molar-refractivity contribution in [3.8, 4) is 22.3 Å². The zero-order valence-corrected chi connectivity index (χ0v) is 27.6. The van der Waals surface area contributed by atoms with Gasteiger partial charge in [-0.2, -0.15) is 0 Å². The molecule has 1 nitrogen and oxygen atoms in total. The molecule has 0 radical (unpaired) electrons. The van der Waals surface area contributed by atoms with Crippen molar-refractivity contribution in [3.05, 3.63) is 174 Å². The van der Waals surface area contributed by atoms with E-state index in [-0.39, 0.29) is 13.4 Å². The van der Waals surface area contributed by atoms with Gasteiger partial charge < -0.3 is 4.90 Å². The molecule has 226 valence electrons. The van der Waals surface area contributed by atoms with E-state index in [0.717, 1.165) is 0 Å². The zero-order chi connectivity index (χ0) is 32.4. The van der Waals surface area contributed by atoms with Gasteiger partial charge in [-0.3, -0.25) is 0 Å². The molecule has 0 bridgehead atoms. The summed E-state index contributed by atoms with van der Waals surface area (Å²) in [6.07, 6.45) is 0. The zero-order valence-electron chi connectivity index (χ0n) is 27.6. The molecule has 0 saturated heterocycles. The van der Waals surface area contributed by atoms with Crippen molar-refractivity contribution in [1.82, 2.24) is 0 Å². The second-order valence-corrected chi connectivity index (χ2v) is 13.6. The Morgan fingerprint density at radius 3 is 1.25 bits per heavy atom. The van der Waals surface area contributed by atoms with Crippen LogP contribution in [-0.4, -0.2) is 13.4 Å². The normalized spacial score (nSPS) is 12.8. The third-order valence-corrected chi connectivity index (χ3v) is 10.3. The first kappa shape index (κ1) is 28.7. The van der Waals surface area contributed by atoms with Crippen LogP contribution in [0.25, 0.3) is 22.3 Å². The number of benzene rings is 7. The van der Waals surface area contributed by atoms with Gasteiger partial charge in [-0.25, -0.2) is 0 Å². The van der Waals surface area contributed by atoms with E-state index in [1.54, 1.807) is 0 Å². The smallest absolute Gasteiger partial charge is 0.246 e. The molecular formula is C45H35B2N. The van der Waals surface area contributed by atoms with Gasteiger partial charge in [0.2, 0.25) is 13.4 Å². The first-order valence-electron chi connectivity index (χ1n) is 17.0. The van der Waals surface area contributed by atoms with Crippen LogP contribution in [0.4, 0.5) is 17.1 Å². The van der Waals surface area contributed by atoms with Gasteiger partial charge in [0.15, 0.2) is 0 Å². The molecule has 48 heavy (non-hydrogen) atoms. The van der Waals surface area contributed by atoms with E-state index in [9.17, 15) is 0 Å². The Balaban J connectivity index is 1.32.